The molecule has 3 aromatic heterocycles. The Hall–Kier alpha value is -5.44. The summed E-state index contributed by atoms with van der Waals surface area (Å²) in [5.74, 6) is 0.176. The molecule has 8 heterocycles. The van der Waals surface area contributed by atoms with Crippen LogP contribution in [0.3, 0.4) is 0 Å². The van der Waals surface area contributed by atoms with Crippen molar-refractivity contribution >= 4 is 56.7 Å². The molecule has 0 amide bonds. The van der Waals surface area contributed by atoms with Crippen LogP contribution in [0.4, 0.5) is 10.3 Å². The van der Waals surface area contributed by atoms with E-state index >= 15 is 0 Å². The number of likely N-dealkylation sites (N-methyl/N-ethyl adjacent to an activating group) is 1. The second kappa shape index (κ2) is 22.6. The number of halogens is 3. The summed E-state index contributed by atoms with van der Waals surface area (Å²) < 4.78 is 58.7. The first-order valence-corrected chi connectivity index (χ1v) is 26.2. The predicted molar refractivity (Wildman–Crippen MR) is 276 cm³/mol. The highest BCUT2D eigenvalue weighted by Gasteiger charge is 2.33. The summed E-state index contributed by atoms with van der Waals surface area (Å²) >= 11 is 16.0. The first-order chi connectivity index (χ1) is 35.4. The largest absolute Gasteiger partial charge is 0.490 e. The molecule has 0 aliphatic carbocycles. The summed E-state index contributed by atoms with van der Waals surface area (Å²) in [7, 11) is 2.11. The number of hydrogen-bond acceptors (Lipinski definition) is 16. The van der Waals surface area contributed by atoms with Crippen molar-refractivity contribution in [1.82, 2.24) is 29.7 Å². The van der Waals surface area contributed by atoms with Crippen molar-refractivity contribution in [3.63, 3.8) is 0 Å². The van der Waals surface area contributed by atoms with E-state index in [9.17, 15) is 14.3 Å². The predicted octanol–water partition coefficient (Wildman–Crippen LogP) is 8.71. The first-order valence-electron chi connectivity index (χ1n) is 24.7. The van der Waals surface area contributed by atoms with E-state index in [-0.39, 0.29) is 43.8 Å². The molecule has 20 heteroatoms. The van der Waals surface area contributed by atoms with E-state index in [4.69, 9.17) is 61.3 Å². The summed E-state index contributed by atoms with van der Waals surface area (Å²) in [6.45, 7) is 13.1. The van der Waals surface area contributed by atoms with Gasteiger partial charge in [-0.2, -0.15) is 0 Å². The monoisotopic (exact) mass is 1060 g/mol. The van der Waals surface area contributed by atoms with E-state index < -0.39 is 24.0 Å². The molecule has 0 unspecified atom stereocenters. The lowest BCUT2D eigenvalue weighted by Gasteiger charge is -2.35. The maximum absolute atomic E-state index is 14.4. The number of anilines is 1. The lowest BCUT2D eigenvalue weighted by Crippen LogP contribution is -2.49. The Morgan fingerprint density at radius 1 is 0.932 bits per heavy atom. The number of piperazine rings is 1. The average Bonchev–Trinajstić information content (AvgIpc) is 3.79. The molecule has 5 aliphatic heterocycles. The van der Waals surface area contributed by atoms with Crippen LogP contribution >= 0.6 is 34.5 Å². The van der Waals surface area contributed by atoms with Gasteiger partial charge in [0, 0.05) is 74.4 Å². The highest BCUT2D eigenvalue weighted by Crippen LogP contribution is 2.53. The second-order valence-electron chi connectivity index (χ2n) is 19.0. The van der Waals surface area contributed by atoms with Gasteiger partial charge >= 0.3 is 5.97 Å². The Labute approximate surface area is 437 Å². The minimum absolute atomic E-state index is 0.0290. The maximum atomic E-state index is 14.4. The zero-order valence-electron chi connectivity index (χ0n) is 41.2. The van der Waals surface area contributed by atoms with Gasteiger partial charge in [-0.05, 0) is 99.3 Å². The topological polar surface area (TPSA) is 163 Å². The van der Waals surface area contributed by atoms with Gasteiger partial charge in [-0.15, -0.1) is 11.3 Å². The third-order valence-electron chi connectivity index (χ3n) is 13.9. The number of hydrogen-bond donors (Lipinski definition) is 1. The first kappa shape index (κ1) is 51.1. The average molecular weight is 1060 g/mol. The van der Waals surface area contributed by atoms with Gasteiger partial charge < -0.3 is 48.1 Å². The molecule has 0 spiro atoms. The van der Waals surface area contributed by atoms with E-state index in [2.05, 4.69) is 36.7 Å². The molecule has 3 saturated heterocycles. The molecule has 4 bridgehead atoms. The second-order valence-corrected chi connectivity index (χ2v) is 20.7. The number of carboxylic acid groups (broad SMARTS) is 1. The molecule has 73 heavy (non-hydrogen) atoms. The fourth-order valence-corrected chi connectivity index (χ4v) is 11.5. The Morgan fingerprint density at radius 3 is 2.42 bits per heavy atom. The molecule has 11 rings (SSSR count). The number of benzene rings is 3. The highest BCUT2D eigenvalue weighted by atomic mass is 35.5. The van der Waals surface area contributed by atoms with Crippen molar-refractivity contribution in [2.75, 3.05) is 84.2 Å². The number of aromatic nitrogens is 4. The molecule has 6 aromatic rings. The van der Waals surface area contributed by atoms with Crippen LogP contribution in [0, 0.1) is 19.7 Å². The van der Waals surface area contributed by atoms with Crippen molar-refractivity contribution in [2.45, 2.75) is 77.2 Å². The Balaban J connectivity index is 0.980. The van der Waals surface area contributed by atoms with Gasteiger partial charge in [-0.25, -0.2) is 29.1 Å². The van der Waals surface area contributed by atoms with E-state index in [1.807, 2.05) is 20.8 Å². The van der Waals surface area contributed by atoms with Gasteiger partial charge in [-0.3, -0.25) is 4.90 Å². The summed E-state index contributed by atoms with van der Waals surface area (Å²) in [5.41, 5.74) is 4.42. The van der Waals surface area contributed by atoms with Gasteiger partial charge in [-0.1, -0.05) is 35.3 Å². The lowest BCUT2D eigenvalue weighted by atomic mass is 9.92. The quantitative estimate of drug-likeness (QED) is 0.131. The number of fused-ring (bicyclic) bond motifs is 7. The highest BCUT2D eigenvalue weighted by molar-refractivity contribution is 7.22. The number of ether oxygens (including phenoxy) is 7. The molecule has 0 radical (unpaired) electrons. The summed E-state index contributed by atoms with van der Waals surface area (Å²) in [4.78, 5) is 40.1. The SMILES string of the molecule is Cc1c(Cl)c2c(Cl)c(C)c1-c1c(-c3ccc(F)cc3)sc3ncnc(c13)O[C@@H](C(=O)O)Cc1cc(ccc1OCc1ccnc(N3CCC(O[C@H](C)[C@H]4COCCO4)CC3)n1)OC[C@@H](CN1CCN(C)CC1)O2. The molecule has 3 aromatic carbocycles. The smallest absolute Gasteiger partial charge is 0.345 e. The van der Waals surface area contributed by atoms with Crippen LogP contribution in [-0.4, -0.2) is 151 Å². The van der Waals surface area contributed by atoms with E-state index in [1.54, 1.807) is 42.6 Å². The third-order valence-corrected chi connectivity index (χ3v) is 16.0. The van der Waals surface area contributed by atoms with Gasteiger partial charge in [0.05, 0.1) is 53.2 Å². The molecule has 5 aliphatic rings. The van der Waals surface area contributed by atoms with Crippen LogP contribution in [0.2, 0.25) is 10.0 Å². The molecule has 0 saturated carbocycles. The van der Waals surface area contributed by atoms with E-state index in [0.717, 1.165) is 52.1 Å². The van der Waals surface area contributed by atoms with Crippen LogP contribution < -0.4 is 23.8 Å². The molecular weight excluding hydrogens is 1000 g/mol. The van der Waals surface area contributed by atoms with Crippen molar-refractivity contribution in [1.29, 1.82) is 0 Å². The van der Waals surface area contributed by atoms with Crippen LogP contribution in [-0.2, 0) is 32.0 Å². The standard InChI is InChI=1S/C53H58Cl2FN7O9S/c1-30-43-31(2)47(55)48(46(30)54)71-39(25-62-19-17-61(4)18-20-62)27-68-38-9-10-40(69-26-36-11-14-57-53(60-36)63-15-12-37(13-16-63)70-32(3)42-28-66-21-22-67-42)34(23-38)24-41(52(64)65)72-50-45-44(43)49(73-51(45)59-29-58-50)33-5-7-35(56)8-6-33/h5-11,14,23,29,32,37,39,41-42H,12-13,15-22,24-28H2,1-4H3,(H,64,65)/t32-,39-,41-,42-/m1/s1. The Kier molecular flexibility index (Phi) is 15.8. The zero-order valence-corrected chi connectivity index (χ0v) is 43.5. The van der Waals surface area contributed by atoms with Crippen LogP contribution in [0.5, 0.6) is 23.1 Å². The summed E-state index contributed by atoms with van der Waals surface area (Å²) in [5, 5.41) is 12.0. The van der Waals surface area contributed by atoms with Crippen molar-refractivity contribution < 1.29 is 47.4 Å². The molecule has 3 fully saturated rings. The van der Waals surface area contributed by atoms with Gasteiger partial charge in [0.25, 0.3) is 0 Å². The van der Waals surface area contributed by atoms with E-state index in [1.165, 1.54) is 29.8 Å². The van der Waals surface area contributed by atoms with Gasteiger partial charge in [0.1, 0.15) is 53.9 Å². The number of rotatable bonds is 11. The number of nitrogens with zero attached hydrogens (tertiary/aromatic N) is 7. The van der Waals surface area contributed by atoms with Crippen molar-refractivity contribution in [3.05, 3.63) is 99.3 Å². The van der Waals surface area contributed by atoms with Crippen molar-refractivity contribution in [2.24, 2.45) is 0 Å². The Morgan fingerprint density at radius 2 is 1.70 bits per heavy atom. The normalized spacial score (nSPS) is 20.8. The number of thiophene rings is 1. The number of piperidine rings is 1. The lowest BCUT2D eigenvalue weighted by molar-refractivity contribution is -0.157. The fourth-order valence-electron chi connectivity index (χ4n) is 9.84. The van der Waals surface area contributed by atoms with Gasteiger partial charge in [0.2, 0.25) is 17.9 Å². The number of carbonyl (C=O) groups is 1. The van der Waals surface area contributed by atoms with Gasteiger partial charge in [0.15, 0.2) is 5.75 Å². The van der Waals surface area contributed by atoms with Crippen molar-refractivity contribution in [3.8, 4) is 44.7 Å². The van der Waals surface area contributed by atoms with Crippen LogP contribution in [0.1, 0.15) is 42.1 Å². The fraction of sp³-hybridized carbons (Fsp3) is 0.453. The van der Waals surface area contributed by atoms with Crippen LogP contribution in [0.25, 0.3) is 31.8 Å². The minimum Gasteiger partial charge on any atom is -0.490 e. The third kappa shape index (κ3) is 11.5. The molecular formula is C53H58Cl2FN7O9S. The summed E-state index contributed by atoms with van der Waals surface area (Å²) in [6.07, 6.45) is 2.47. The van der Waals surface area contributed by atoms with Crippen LogP contribution in [0.15, 0.2) is 61.1 Å². The maximum Gasteiger partial charge on any atom is 0.345 e. The number of aliphatic carboxylic acids is 1. The molecule has 4 atom stereocenters. The minimum atomic E-state index is -1.47. The zero-order chi connectivity index (χ0) is 50.8. The molecule has 1 N–H and O–H groups in total. The molecule has 16 nitrogen and oxygen atoms in total. The van der Waals surface area contributed by atoms with E-state index in [0.29, 0.717) is 114 Å². The Bertz CT molecular complexity index is 2900. The summed E-state index contributed by atoms with van der Waals surface area (Å²) in [6, 6.07) is 13.3. The number of carboxylic acids is 1. The molecule has 386 valence electrons.